The Balaban J connectivity index is 1.54. The van der Waals surface area contributed by atoms with E-state index in [9.17, 15) is 9.59 Å². The lowest BCUT2D eigenvalue weighted by Gasteiger charge is -2.10. The summed E-state index contributed by atoms with van der Waals surface area (Å²) >= 11 is 0. The number of carbonyl (C=O) groups excluding carboxylic acids is 2. The Labute approximate surface area is 150 Å². The van der Waals surface area contributed by atoms with Gasteiger partial charge in [0.2, 0.25) is 11.6 Å². The van der Waals surface area contributed by atoms with E-state index in [4.69, 9.17) is 4.52 Å². The fourth-order valence-corrected chi connectivity index (χ4v) is 3.45. The van der Waals surface area contributed by atoms with Gasteiger partial charge in [-0.3, -0.25) is 14.3 Å². The molecule has 132 valence electrons. The van der Waals surface area contributed by atoms with Gasteiger partial charge in [-0.2, -0.15) is 10.1 Å². The first kappa shape index (κ1) is 16.4. The largest absolute Gasteiger partial charge is 0.330 e. The lowest BCUT2D eigenvalue weighted by atomic mass is 9.93. The molecule has 1 atom stereocenters. The average molecular weight is 350 g/mol. The molecule has 0 bridgehead atoms. The number of ketones is 2. The predicted molar refractivity (Wildman–Crippen MR) is 93.0 cm³/mol. The van der Waals surface area contributed by atoms with E-state index in [0.29, 0.717) is 17.8 Å². The Morgan fingerprint density at radius 2 is 2.19 bits per heavy atom. The molecule has 0 radical (unpaired) electrons. The van der Waals surface area contributed by atoms with Gasteiger partial charge in [-0.05, 0) is 36.0 Å². The Bertz CT molecular complexity index is 1000. The van der Waals surface area contributed by atoms with Crippen LogP contribution in [0.1, 0.15) is 57.9 Å². The molecule has 3 aromatic rings. The highest BCUT2D eigenvalue weighted by Crippen LogP contribution is 2.38. The van der Waals surface area contributed by atoms with Gasteiger partial charge < -0.3 is 4.52 Å². The Morgan fingerprint density at radius 3 is 2.88 bits per heavy atom. The molecule has 1 aliphatic carbocycles. The molecule has 0 spiro atoms. The first-order chi connectivity index (χ1) is 12.5. The van der Waals surface area contributed by atoms with Crippen LogP contribution in [0.3, 0.4) is 0 Å². The molecule has 0 aliphatic heterocycles. The van der Waals surface area contributed by atoms with Crippen LogP contribution in [0.25, 0.3) is 11.4 Å². The van der Waals surface area contributed by atoms with Gasteiger partial charge in [0.15, 0.2) is 5.78 Å². The second-order valence-electron chi connectivity index (χ2n) is 6.66. The van der Waals surface area contributed by atoms with Crippen LogP contribution < -0.4 is 0 Å². The SMILES string of the molecule is CC(=O)c1nc(-c2ccc3c(c2)CC[C@H]3CC(=O)c2cnn(C)c2)no1. The fourth-order valence-electron chi connectivity index (χ4n) is 3.45. The summed E-state index contributed by atoms with van der Waals surface area (Å²) in [5.41, 5.74) is 3.86. The number of carbonyl (C=O) groups is 2. The second kappa shape index (κ2) is 6.33. The molecular weight excluding hydrogens is 332 g/mol. The first-order valence-corrected chi connectivity index (χ1v) is 8.51. The van der Waals surface area contributed by atoms with Gasteiger partial charge in [0.25, 0.3) is 5.89 Å². The Kier molecular flexibility index (Phi) is 3.99. The molecule has 0 amide bonds. The van der Waals surface area contributed by atoms with Crippen molar-refractivity contribution in [1.29, 1.82) is 0 Å². The first-order valence-electron chi connectivity index (χ1n) is 8.51. The van der Waals surface area contributed by atoms with Gasteiger partial charge in [0.1, 0.15) is 0 Å². The molecule has 0 fully saturated rings. The van der Waals surface area contributed by atoms with E-state index in [1.807, 2.05) is 18.2 Å². The number of benzene rings is 1. The number of nitrogens with zero attached hydrogens (tertiary/aromatic N) is 4. The highest BCUT2D eigenvalue weighted by Gasteiger charge is 2.26. The zero-order valence-electron chi connectivity index (χ0n) is 14.6. The van der Waals surface area contributed by atoms with Crippen LogP contribution in [-0.4, -0.2) is 31.5 Å². The maximum Gasteiger partial charge on any atom is 0.294 e. The summed E-state index contributed by atoms with van der Waals surface area (Å²) in [7, 11) is 1.80. The molecule has 1 aromatic carbocycles. The number of Topliss-reactive ketones (excluding diaryl/α,β-unsaturated/α-hetero) is 2. The Morgan fingerprint density at radius 1 is 1.35 bits per heavy atom. The quantitative estimate of drug-likeness (QED) is 0.657. The maximum absolute atomic E-state index is 12.5. The minimum atomic E-state index is -0.251. The van der Waals surface area contributed by atoms with Gasteiger partial charge in [-0.25, -0.2) is 0 Å². The van der Waals surface area contributed by atoms with Crippen LogP contribution in [0.5, 0.6) is 0 Å². The highest BCUT2D eigenvalue weighted by atomic mass is 16.5. The number of aromatic nitrogens is 4. The minimum absolute atomic E-state index is 0.0143. The molecular formula is C19H18N4O3. The summed E-state index contributed by atoms with van der Waals surface area (Å²) < 4.78 is 6.60. The van der Waals surface area contributed by atoms with E-state index >= 15 is 0 Å². The molecule has 7 nitrogen and oxygen atoms in total. The average Bonchev–Trinajstić information content (AvgIpc) is 3.34. The molecule has 26 heavy (non-hydrogen) atoms. The van der Waals surface area contributed by atoms with Gasteiger partial charge in [-0.1, -0.05) is 17.3 Å². The summed E-state index contributed by atoms with van der Waals surface area (Å²) in [6.07, 6.45) is 5.70. The smallest absolute Gasteiger partial charge is 0.294 e. The number of rotatable bonds is 5. The van der Waals surface area contributed by atoms with Crippen molar-refractivity contribution in [2.75, 3.05) is 0 Å². The third-order valence-corrected chi connectivity index (χ3v) is 4.79. The van der Waals surface area contributed by atoms with Crippen LogP contribution in [0, 0.1) is 0 Å². The highest BCUT2D eigenvalue weighted by molar-refractivity contribution is 5.96. The van der Waals surface area contributed by atoms with Crippen molar-refractivity contribution in [2.45, 2.75) is 32.1 Å². The minimum Gasteiger partial charge on any atom is -0.330 e. The fraction of sp³-hybridized carbons (Fsp3) is 0.316. The molecule has 0 saturated carbocycles. The molecule has 7 heteroatoms. The number of hydrogen-bond acceptors (Lipinski definition) is 6. The third-order valence-electron chi connectivity index (χ3n) is 4.79. The van der Waals surface area contributed by atoms with Crippen molar-refractivity contribution < 1.29 is 14.1 Å². The molecule has 2 heterocycles. The van der Waals surface area contributed by atoms with Gasteiger partial charge >= 0.3 is 0 Å². The standard InChI is InChI=1S/C19H18N4O3/c1-11(24)19-21-18(22-26-19)14-5-6-16-12(7-14)3-4-13(16)8-17(25)15-9-20-23(2)10-15/h5-7,9-10,13H,3-4,8H2,1-2H3/t13-/m0/s1. The lowest BCUT2D eigenvalue weighted by molar-refractivity contribution is 0.0965. The summed E-state index contributed by atoms with van der Waals surface area (Å²) in [5, 5.41) is 7.94. The zero-order valence-corrected chi connectivity index (χ0v) is 14.6. The molecule has 0 N–H and O–H groups in total. The third kappa shape index (κ3) is 2.96. The van der Waals surface area contributed by atoms with E-state index < -0.39 is 0 Å². The second-order valence-corrected chi connectivity index (χ2v) is 6.66. The van der Waals surface area contributed by atoms with Gasteiger partial charge in [0, 0.05) is 32.2 Å². The van der Waals surface area contributed by atoms with Crippen molar-refractivity contribution >= 4 is 11.6 Å². The summed E-state index contributed by atoms with van der Waals surface area (Å²) in [5.74, 6) is 0.501. The summed E-state index contributed by atoms with van der Waals surface area (Å²) in [4.78, 5) is 27.9. The molecule has 0 saturated heterocycles. The maximum atomic E-state index is 12.5. The summed E-state index contributed by atoms with van der Waals surface area (Å²) in [6, 6.07) is 5.97. The molecule has 4 rings (SSSR count). The zero-order chi connectivity index (χ0) is 18.3. The van der Waals surface area contributed by atoms with E-state index in [1.165, 1.54) is 18.1 Å². The van der Waals surface area contributed by atoms with Crippen molar-refractivity contribution in [2.24, 2.45) is 7.05 Å². The molecule has 2 aromatic heterocycles. The normalized spacial score (nSPS) is 15.8. The van der Waals surface area contributed by atoms with Crippen molar-refractivity contribution in [3.8, 4) is 11.4 Å². The van der Waals surface area contributed by atoms with Crippen LogP contribution in [-0.2, 0) is 13.5 Å². The number of fused-ring (bicyclic) bond motifs is 1. The monoisotopic (exact) mass is 350 g/mol. The van der Waals surface area contributed by atoms with E-state index in [2.05, 4.69) is 15.2 Å². The van der Waals surface area contributed by atoms with Crippen molar-refractivity contribution in [3.63, 3.8) is 0 Å². The van der Waals surface area contributed by atoms with Crippen LogP contribution >= 0.6 is 0 Å². The van der Waals surface area contributed by atoms with Crippen LogP contribution in [0.15, 0.2) is 35.1 Å². The molecule has 0 unspecified atom stereocenters. The van der Waals surface area contributed by atoms with E-state index in [0.717, 1.165) is 18.4 Å². The number of aryl methyl sites for hydroxylation is 2. The lowest BCUT2D eigenvalue weighted by Crippen LogP contribution is -2.04. The Hall–Kier alpha value is -3.09. The van der Waals surface area contributed by atoms with Gasteiger partial charge in [-0.15, -0.1) is 0 Å². The number of hydrogen-bond donors (Lipinski definition) is 0. The van der Waals surface area contributed by atoms with E-state index in [1.54, 1.807) is 24.1 Å². The topological polar surface area (TPSA) is 90.9 Å². The molecule has 1 aliphatic rings. The van der Waals surface area contributed by atoms with E-state index in [-0.39, 0.29) is 23.4 Å². The van der Waals surface area contributed by atoms with Crippen molar-refractivity contribution in [1.82, 2.24) is 19.9 Å². The van der Waals surface area contributed by atoms with Gasteiger partial charge in [0.05, 0.1) is 11.8 Å². The predicted octanol–water partition coefficient (Wildman–Crippen LogP) is 2.98. The van der Waals surface area contributed by atoms with Crippen LogP contribution in [0.2, 0.25) is 0 Å². The van der Waals surface area contributed by atoms with Crippen LogP contribution in [0.4, 0.5) is 0 Å². The summed E-state index contributed by atoms with van der Waals surface area (Å²) in [6.45, 7) is 1.39. The van der Waals surface area contributed by atoms with Crippen molar-refractivity contribution in [3.05, 3.63) is 53.2 Å².